The minimum Gasteiger partial charge on any atom is -0.504 e. The molecule has 1 aliphatic rings. The number of aromatic hydroxyl groups is 1. The Hall–Kier alpha value is -3.35. The Morgan fingerprint density at radius 1 is 1.36 bits per heavy atom. The molecule has 3 aromatic rings. The zero-order chi connectivity index (χ0) is 17.4. The number of phenols is 1. The summed E-state index contributed by atoms with van der Waals surface area (Å²) in [5.41, 5.74) is 2.46. The van der Waals surface area contributed by atoms with Crippen LogP contribution in [0.4, 0.5) is 5.82 Å². The number of anilines is 1. The fourth-order valence-electron chi connectivity index (χ4n) is 3.09. The van der Waals surface area contributed by atoms with E-state index in [1.165, 1.54) is 7.11 Å². The third-order valence-electron chi connectivity index (χ3n) is 4.30. The number of methoxy groups -OCH3 is 1. The molecule has 7 nitrogen and oxygen atoms in total. The van der Waals surface area contributed by atoms with Gasteiger partial charge in [-0.2, -0.15) is 0 Å². The number of aromatic nitrogens is 3. The van der Waals surface area contributed by atoms with Gasteiger partial charge < -0.3 is 15.2 Å². The molecular formula is C18H16N4O3. The summed E-state index contributed by atoms with van der Waals surface area (Å²) in [7, 11) is 1.50. The lowest BCUT2D eigenvalue weighted by Crippen LogP contribution is -2.24. The Morgan fingerprint density at radius 3 is 3.00 bits per heavy atom. The van der Waals surface area contributed by atoms with Gasteiger partial charge in [0.15, 0.2) is 11.5 Å². The fourth-order valence-corrected chi connectivity index (χ4v) is 3.09. The number of carbonyl (C=O) groups excluding carboxylic acids is 1. The lowest BCUT2D eigenvalue weighted by molar-refractivity contribution is -0.116. The highest BCUT2D eigenvalue weighted by molar-refractivity contribution is 5.94. The van der Waals surface area contributed by atoms with Crippen molar-refractivity contribution < 1.29 is 14.6 Å². The number of ether oxygens (including phenoxy) is 1. The van der Waals surface area contributed by atoms with Crippen molar-refractivity contribution in [2.45, 2.75) is 12.3 Å². The van der Waals surface area contributed by atoms with E-state index >= 15 is 0 Å². The molecule has 0 radical (unpaired) electrons. The van der Waals surface area contributed by atoms with Gasteiger partial charge >= 0.3 is 0 Å². The number of rotatable bonds is 3. The average molecular weight is 336 g/mol. The highest BCUT2D eigenvalue weighted by Gasteiger charge is 2.31. The van der Waals surface area contributed by atoms with Crippen LogP contribution in [0.1, 0.15) is 23.6 Å². The van der Waals surface area contributed by atoms with Crippen LogP contribution in [0.25, 0.3) is 5.69 Å². The zero-order valence-electron chi connectivity index (χ0n) is 13.5. The van der Waals surface area contributed by atoms with Crippen molar-refractivity contribution in [2.24, 2.45) is 0 Å². The first-order valence-corrected chi connectivity index (χ1v) is 7.81. The summed E-state index contributed by atoms with van der Waals surface area (Å²) in [4.78, 5) is 20.9. The Kier molecular flexibility index (Phi) is 3.61. The zero-order valence-corrected chi connectivity index (χ0v) is 13.5. The molecule has 1 aliphatic heterocycles. The molecule has 2 aromatic heterocycles. The molecule has 0 spiro atoms. The number of nitrogens with zero attached hydrogens (tertiary/aromatic N) is 3. The van der Waals surface area contributed by atoms with Crippen LogP contribution in [0.2, 0.25) is 0 Å². The summed E-state index contributed by atoms with van der Waals surface area (Å²) in [6.45, 7) is 0. The maximum Gasteiger partial charge on any atom is 0.226 e. The number of pyridine rings is 1. The topological polar surface area (TPSA) is 89.3 Å². The molecule has 1 aromatic carbocycles. The molecule has 126 valence electrons. The van der Waals surface area contributed by atoms with E-state index in [2.05, 4.69) is 15.3 Å². The van der Waals surface area contributed by atoms with Crippen LogP contribution in [-0.4, -0.2) is 32.7 Å². The number of hydrogen-bond acceptors (Lipinski definition) is 5. The van der Waals surface area contributed by atoms with Gasteiger partial charge in [0.1, 0.15) is 12.1 Å². The fraction of sp³-hybridized carbons (Fsp3) is 0.167. The Morgan fingerprint density at radius 2 is 2.24 bits per heavy atom. The van der Waals surface area contributed by atoms with Crippen LogP contribution in [0.3, 0.4) is 0 Å². The van der Waals surface area contributed by atoms with E-state index in [4.69, 9.17) is 4.74 Å². The van der Waals surface area contributed by atoms with Gasteiger partial charge in [-0.25, -0.2) is 4.98 Å². The Bertz CT molecular complexity index is 937. The van der Waals surface area contributed by atoms with Gasteiger partial charge in [0.05, 0.1) is 24.7 Å². The van der Waals surface area contributed by atoms with Gasteiger partial charge in [0.2, 0.25) is 5.91 Å². The van der Waals surface area contributed by atoms with E-state index < -0.39 is 0 Å². The van der Waals surface area contributed by atoms with Crippen LogP contribution < -0.4 is 10.1 Å². The van der Waals surface area contributed by atoms with Crippen LogP contribution in [-0.2, 0) is 4.79 Å². The number of nitrogens with one attached hydrogen (secondary N) is 1. The second-order valence-electron chi connectivity index (χ2n) is 5.80. The van der Waals surface area contributed by atoms with E-state index in [9.17, 15) is 9.90 Å². The Labute approximate surface area is 143 Å². The van der Waals surface area contributed by atoms with Gasteiger partial charge in [0.25, 0.3) is 0 Å². The molecule has 7 heteroatoms. The molecule has 4 rings (SSSR count). The van der Waals surface area contributed by atoms with Crippen molar-refractivity contribution in [2.75, 3.05) is 12.4 Å². The normalized spacial score (nSPS) is 16.2. The van der Waals surface area contributed by atoms with Crippen LogP contribution in [0.5, 0.6) is 11.5 Å². The molecular weight excluding hydrogens is 320 g/mol. The quantitative estimate of drug-likeness (QED) is 0.767. The lowest BCUT2D eigenvalue weighted by atomic mass is 9.89. The predicted octanol–water partition coefficient (Wildman–Crippen LogP) is 2.46. The third-order valence-corrected chi connectivity index (χ3v) is 4.30. The highest BCUT2D eigenvalue weighted by Crippen LogP contribution is 2.39. The highest BCUT2D eigenvalue weighted by atomic mass is 16.5. The minimum absolute atomic E-state index is 0.0626. The van der Waals surface area contributed by atoms with Crippen molar-refractivity contribution in [3.63, 3.8) is 0 Å². The second kappa shape index (κ2) is 5.94. The molecule has 0 unspecified atom stereocenters. The summed E-state index contributed by atoms with van der Waals surface area (Å²) >= 11 is 0. The van der Waals surface area contributed by atoms with Gasteiger partial charge in [-0.05, 0) is 29.8 Å². The third kappa shape index (κ3) is 2.59. The summed E-state index contributed by atoms with van der Waals surface area (Å²) in [5, 5.41) is 12.7. The molecule has 0 fully saturated rings. The van der Waals surface area contributed by atoms with Crippen molar-refractivity contribution in [3.8, 4) is 17.2 Å². The number of benzene rings is 1. The maximum atomic E-state index is 12.3. The van der Waals surface area contributed by atoms with Crippen molar-refractivity contribution in [3.05, 3.63) is 60.3 Å². The van der Waals surface area contributed by atoms with E-state index in [0.29, 0.717) is 11.6 Å². The first kappa shape index (κ1) is 15.2. The average Bonchev–Trinajstić information content (AvgIpc) is 3.06. The van der Waals surface area contributed by atoms with E-state index in [1.807, 2.05) is 16.7 Å². The number of imidazole rings is 1. The predicted molar refractivity (Wildman–Crippen MR) is 91.1 cm³/mol. The van der Waals surface area contributed by atoms with Crippen LogP contribution >= 0.6 is 0 Å². The van der Waals surface area contributed by atoms with Crippen LogP contribution in [0.15, 0.2) is 49.1 Å². The smallest absolute Gasteiger partial charge is 0.226 e. The molecule has 0 bridgehead atoms. The number of amides is 1. The summed E-state index contributed by atoms with van der Waals surface area (Å²) in [6.07, 6.45) is 5.36. The number of fused-ring (bicyclic) bond motifs is 1. The van der Waals surface area contributed by atoms with Gasteiger partial charge in [-0.15, -0.1) is 0 Å². The van der Waals surface area contributed by atoms with E-state index in [0.717, 1.165) is 16.9 Å². The first-order valence-electron chi connectivity index (χ1n) is 7.81. The standard InChI is InChI=1S/C18H16N4O3/c1-25-15-7-11(4-5-14(15)23)13-8-16(24)21-18-17(13)20-10-22(18)12-3-2-6-19-9-12/h2-7,9-10,13,23H,8H2,1H3,(H,21,24)/t13-/m0/s1. The largest absolute Gasteiger partial charge is 0.504 e. The molecule has 0 saturated carbocycles. The van der Waals surface area contributed by atoms with E-state index in [1.54, 1.807) is 36.9 Å². The number of carbonyl (C=O) groups is 1. The van der Waals surface area contributed by atoms with E-state index in [-0.39, 0.29) is 24.0 Å². The summed E-state index contributed by atoms with van der Waals surface area (Å²) in [5.74, 6) is 0.775. The summed E-state index contributed by atoms with van der Waals surface area (Å²) < 4.78 is 6.99. The SMILES string of the molecule is COc1cc([C@@H]2CC(=O)Nc3c2ncn3-c2cccnc2)ccc1O. The number of phenolic OH excluding ortho intramolecular Hbond substituents is 1. The molecule has 25 heavy (non-hydrogen) atoms. The number of hydrogen-bond donors (Lipinski definition) is 2. The molecule has 0 aliphatic carbocycles. The lowest BCUT2D eigenvalue weighted by Gasteiger charge is -2.23. The maximum absolute atomic E-state index is 12.3. The first-order chi connectivity index (χ1) is 12.2. The van der Waals surface area contributed by atoms with Crippen molar-refractivity contribution in [1.82, 2.24) is 14.5 Å². The molecule has 1 amide bonds. The van der Waals surface area contributed by atoms with Gasteiger partial charge in [0, 0.05) is 18.5 Å². The minimum atomic E-state index is -0.212. The molecule has 2 N–H and O–H groups in total. The monoisotopic (exact) mass is 336 g/mol. The van der Waals surface area contributed by atoms with Crippen molar-refractivity contribution in [1.29, 1.82) is 0 Å². The van der Waals surface area contributed by atoms with Gasteiger partial charge in [-0.3, -0.25) is 14.3 Å². The Balaban J connectivity index is 1.81. The second-order valence-corrected chi connectivity index (χ2v) is 5.80. The molecule has 3 heterocycles. The summed E-state index contributed by atoms with van der Waals surface area (Å²) in [6, 6.07) is 8.82. The van der Waals surface area contributed by atoms with Crippen molar-refractivity contribution >= 4 is 11.7 Å². The van der Waals surface area contributed by atoms with Crippen LogP contribution in [0, 0.1) is 0 Å². The van der Waals surface area contributed by atoms with Gasteiger partial charge in [-0.1, -0.05) is 6.07 Å². The molecule has 1 atom stereocenters. The molecule has 0 saturated heterocycles.